The van der Waals surface area contributed by atoms with Gasteiger partial charge < -0.3 is 15.3 Å². The number of carboxylic acids is 1. The third-order valence-corrected chi connectivity index (χ3v) is 2.83. The number of hydrogen-bond donors (Lipinski definition) is 2. The highest BCUT2D eigenvalue weighted by atomic mass is 16.4. The SMILES string of the molecule is CCN(CC(C)C)C(=O)Nc1ccc(/C=C/C(=O)O)cc1. The van der Waals surface area contributed by atoms with Crippen LogP contribution in [0.25, 0.3) is 6.08 Å². The fourth-order valence-electron chi connectivity index (χ4n) is 1.84. The van der Waals surface area contributed by atoms with Gasteiger partial charge >= 0.3 is 12.0 Å². The van der Waals surface area contributed by atoms with Crippen LogP contribution in [-0.4, -0.2) is 35.1 Å². The van der Waals surface area contributed by atoms with Gasteiger partial charge in [-0.3, -0.25) is 0 Å². The van der Waals surface area contributed by atoms with Crippen molar-refractivity contribution in [3.05, 3.63) is 35.9 Å². The molecular weight excluding hydrogens is 268 g/mol. The number of rotatable bonds is 6. The highest BCUT2D eigenvalue weighted by Crippen LogP contribution is 2.12. The monoisotopic (exact) mass is 290 g/mol. The van der Waals surface area contributed by atoms with Crippen molar-refractivity contribution in [1.29, 1.82) is 0 Å². The molecule has 5 heteroatoms. The molecule has 0 aliphatic carbocycles. The van der Waals surface area contributed by atoms with Gasteiger partial charge in [-0.2, -0.15) is 0 Å². The van der Waals surface area contributed by atoms with Crippen LogP contribution in [0.1, 0.15) is 26.3 Å². The lowest BCUT2D eigenvalue weighted by Gasteiger charge is -2.23. The second kappa shape index (κ2) is 8.09. The van der Waals surface area contributed by atoms with E-state index in [-0.39, 0.29) is 6.03 Å². The molecule has 0 aliphatic heterocycles. The maximum Gasteiger partial charge on any atom is 0.328 e. The van der Waals surface area contributed by atoms with Gasteiger partial charge in [-0.1, -0.05) is 26.0 Å². The van der Waals surface area contributed by atoms with Crippen LogP contribution in [0.4, 0.5) is 10.5 Å². The predicted molar refractivity (Wildman–Crippen MR) is 84.2 cm³/mol. The number of anilines is 1. The van der Waals surface area contributed by atoms with E-state index < -0.39 is 5.97 Å². The first kappa shape index (κ1) is 16.8. The molecule has 1 aromatic rings. The van der Waals surface area contributed by atoms with E-state index in [1.54, 1.807) is 29.2 Å². The lowest BCUT2D eigenvalue weighted by Crippen LogP contribution is -2.37. The zero-order valence-corrected chi connectivity index (χ0v) is 12.7. The van der Waals surface area contributed by atoms with E-state index in [4.69, 9.17) is 5.11 Å². The molecule has 5 nitrogen and oxygen atoms in total. The highest BCUT2D eigenvalue weighted by Gasteiger charge is 2.12. The summed E-state index contributed by atoms with van der Waals surface area (Å²) >= 11 is 0. The number of benzene rings is 1. The van der Waals surface area contributed by atoms with Crippen molar-refractivity contribution >= 4 is 23.8 Å². The quantitative estimate of drug-likeness (QED) is 0.790. The summed E-state index contributed by atoms with van der Waals surface area (Å²) in [6, 6.07) is 6.90. The van der Waals surface area contributed by atoms with Crippen molar-refractivity contribution in [2.45, 2.75) is 20.8 Å². The van der Waals surface area contributed by atoms with Gasteiger partial charge in [-0.15, -0.1) is 0 Å². The zero-order chi connectivity index (χ0) is 15.8. The van der Waals surface area contributed by atoms with Gasteiger partial charge in [0.15, 0.2) is 0 Å². The fraction of sp³-hybridized carbons (Fsp3) is 0.375. The first-order valence-electron chi connectivity index (χ1n) is 6.99. The summed E-state index contributed by atoms with van der Waals surface area (Å²) in [5.74, 6) is -0.570. The largest absolute Gasteiger partial charge is 0.478 e. The van der Waals surface area contributed by atoms with Crippen molar-refractivity contribution in [3.8, 4) is 0 Å². The molecule has 0 spiro atoms. The van der Waals surface area contributed by atoms with Gasteiger partial charge in [0.25, 0.3) is 0 Å². The van der Waals surface area contributed by atoms with Crippen molar-refractivity contribution in [3.63, 3.8) is 0 Å². The van der Waals surface area contributed by atoms with Gasteiger partial charge in [-0.25, -0.2) is 9.59 Å². The molecule has 0 unspecified atom stereocenters. The maximum atomic E-state index is 12.1. The maximum absolute atomic E-state index is 12.1. The van der Waals surface area contributed by atoms with E-state index >= 15 is 0 Å². The third-order valence-electron chi connectivity index (χ3n) is 2.83. The molecule has 1 aromatic carbocycles. The first-order valence-corrected chi connectivity index (χ1v) is 6.99. The fourth-order valence-corrected chi connectivity index (χ4v) is 1.84. The number of hydrogen-bond acceptors (Lipinski definition) is 2. The Morgan fingerprint density at radius 1 is 1.29 bits per heavy atom. The van der Waals surface area contributed by atoms with Gasteiger partial charge in [0, 0.05) is 24.9 Å². The van der Waals surface area contributed by atoms with Crippen molar-refractivity contribution in [2.75, 3.05) is 18.4 Å². The van der Waals surface area contributed by atoms with Crippen molar-refractivity contribution in [2.24, 2.45) is 5.92 Å². The molecule has 2 amide bonds. The Morgan fingerprint density at radius 3 is 2.38 bits per heavy atom. The summed E-state index contributed by atoms with van der Waals surface area (Å²) in [4.78, 5) is 24.3. The molecule has 21 heavy (non-hydrogen) atoms. The van der Waals surface area contributed by atoms with Gasteiger partial charge in [-0.05, 0) is 36.6 Å². The van der Waals surface area contributed by atoms with Crippen LogP contribution in [0.2, 0.25) is 0 Å². The smallest absolute Gasteiger partial charge is 0.328 e. The lowest BCUT2D eigenvalue weighted by atomic mass is 10.2. The number of urea groups is 1. The number of nitrogens with zero attached hydrogens (tertiary/aromatic N) is 1. The number of aliphatic carboxylic acids is 1. The van der Waals surface area contributed by atoms with E-state index in [9.17, 15) is 9.59 Å². The number of amides is 2. The van der Waals surface area contributed by atoms with E-state index in [1.807, 2.05) is 6.92 Å². The summed E-state index contributed by atoms with van der Waals surface area (Å²) in [6.45, 7) is 7.45. The molecule has 0 saturated carbocycles. The second-order valence-corrected chi connectivity index (χ2v) is 5.16. The molecule has 0 saturated heterocycles. The Labute approximate surface area is 125 Å². The zero-order valence-electron chi connectivity index (χ0n) is 12.7. The Kier molecular flexibility index (Phi) is 6.46. The lowest BCUT2D eigenvalue weighted by molar-refractivity contribution is -0.131. The molecular formula is C16H22N2O3. The molecule has 0 heterocycles. The average molecular weight is 290 g/mol. The summed E-state index contributed by atoms with van der Waals surface area (Å²) in [5.41, 5.74) is 1.46. The molecule has 0 aromatic heterocycles. The number of carbonyl (C=O) groups is 2. The van der Waals surface area contributed by atoms with Crippen molar-refractivity contribution < 1.29 is 14.7 Å². The number of carboxylic acid groups (broad SMARTS) is 1. The molecule has 0 aliphatic rings. The summed E-state index contributed by atoms with van der Waals surface area (Å²) in [7, 11) is 0. The molecule has 0 bridgehead atoms. The molecule has 2 N–H and O–H groups in total. The summed E-state index contributed by atoms with van der Waals surface area (Å²) < 4.78 is 0. The van der Waals surface area contributed by atoms with E-state index in [1.165, 1.54) is 6.08 Å². The standard InChI is InChI=1S/C16H22N2O3/c1-4-18(11-12(2)3)16(21)17-14-8-5-13(6-9-14)7-10-15(19)20/h5-10,12H,4,11H2,1-3H3,(H,17,21)(H,19,20)/b10-7+. The van der Waals surface area contributed by atoms with E-state index in [0.717, 1.165) is 11.6 Å². The Balaban J connectivity index is 2.66. The van der Waals surface area contributed by atoms with Crippen LogP contribution in [0.5, 0.6) is 0 Å². The normalized spacial score (nSPS) is 10.9. The average Bonchev–Trinajstić information content (AvgIpc) is 2.43. The Hall–Kier alpha value is -2.30. The van der Waals surface area contributed by atoms with Gasteiger partial charge in [0.1, 0.15) is 0 Å². The third kappa shape index (κ3) is 6.12. The molecule has 0 radical (unpaired) electrons. The topological polar surface area (TPSA) is 69.6 Å². The minimum Gasteiger partial charge on any atom is -0.478 e. The van der Waals surface area contributed by atoms with Crippen LogP contribution in [-0.2, 0) is 4.79 Å². The number of nitrogens with one attached hydrogen (secondary N) is 1. The minimum atomic E-state index is -0.986. The van der Waals surface area contributed by atoms with Crippen LogP contribution in [0.15, 0.2) is 30.3 Å². The number of carbonyl (C=O) groups excluding carboxylic acids is 1. The molecule has 0 atom stereocenters. The summed E-state index contributed by atoms with van der Waals surface area (Å²) in [6.07, 6.45) is 2.58. The van der Waals surface area contributed by atoms with Crippen LogP contribution in [0.3, 0.4) is 0 Å². The molecule has 114 valence electrons. The van der Waals surface area contributed by atoms with Gasteiger partial charge in [0.05, 0.1) is 0 Å². The molecule has 1 rings (SSSR count). The summed E-state index contributed by atoms with van der Waals surface area (Å²) in [5, 5.41) is 11.4. The van der Waals surface area contributed by atoms with Crippen LogP contribution < -0.4 is 5.32 Å². The van der Waals surface area contributed by atoms with E-state index in [0.29, 0.717) is 24.7 Å². The Bertz CT molecular complexity index is 507. The first-order chi connectivity index (χ1) is 9.92. The molecule has 0 fully saturated rings. The van der Waals surface area contributed by atoms with Crippen LogP contribution >= 0.6 is 0 Å². The predicted octanol–water partition coefficient (Wildman–Crippen LogP) is 3.29. The highest BCUT2D eigenvalue weighted by molar-refractivity contribution is 5.89. The van der Waals surface area contributed by atoms with Crippen LogP contribution in [0, 0.1) is 5.92 Å². The van der Waals surface area contributed by atoms with E-state index in [2.05, 4.69) is 19.2 Å². The minimum absolute atomic E-state index is 0.125. The second-order valence-electron chi connectivity index (χ2n) is 5.16. The Morgan fingerprint density at radius 2 is 1.90 bits per heavy atom. The van der Waals surface area contributed by atoms with Gasteiger partial charge in [0.2, 0.25) is 0 Å². The van der Waals surface area contributed by atoms with Crippen molar-refractivity contribution in [1.82, 2.24) is 4.90 Å².